The Hall–Kier alpha value is -3.56. The maximum absolute atomic E-state index is 9.71. The summed E-state index contributed by atoms with van der Waals surface area (Å²) in [6.45, 7) is 16.1. The molecular formula is C51H68N2S. The number of nitrogens with zero attached hydrogens (tertiary/aromatic N) is 1. The highest BCUT2D eigenvalue weighted by Gasteiger charge is 2.34. The Kier molecular flexibility index (Phi) is 15.7. The van der Waals surface area contributed by atoms with E-state index in [2.05, 4.69) is 121 Å². The van der Waals surface area contributed by atoms with Gasteiger partial charge in [0.25, 0.3) is 0 Å². The first kappa shape index (κ1) is 41.6. The molecule has 3 heteroatoms. The number of allylic oxidation sites excluding steroid dienone is 19. The van der Waals surface area contributed by atoms with Crippen LogP contribution >= 0.6 is 11.3 Å². The second kappa shape index (κ2) is 20.4. The van der Waals surface area contributed by atoms with Crippen LogP contribution in [0, 0.1) is 23.2 Å². The number of thiophene rings is 1. The SMILES string of the molecule is CCCCC1=C(/C=C/C2=C(CCCC)C=C(C3=CC=C(C4=CC(CCCC)=C(/C=C/c5sccc5CCCC)C4CC)C(=NC)C3=N)C2C)C(CC)C=C1. The van der Waals surface area contributed by atoms with Crippen LogP contribution in [0.4, 0.5) is 0 Å². The van der Waals surface area contributed by atoms with Crippen LogP contribution in [0.3, 0.4) is 0 Å². The molecule has 0 bridgehead atoms. The molecule has 3 unspecified atom stereocenters. The summed E-state index contributed by atoms with van der Waals surface area (Å²) in [7, 11) is 1.88. The standard InChI is InChI=1S/C51H68N2S/c1-9-15-19-37-24-23-36(13-5)43(37)26-25-42-35(7)47(33-39(42)21-17-11-3)45-27-28-46(51(53-8)50(45)52)48-34-40(22-18-12-4)44(41(48)14-6)29-30-49-38(20-16-10-2)31-32-54-49/h23-36,41,52H,9-22H2,1-8H3/b26-25+,30-29+,52-50?,53-51?. The van der Waals surface area contributed by atoms with Crippen molar-refractivity contribution in [3.8, 4) is 0 Å². The zero-order valence-electron chi connectivity index (χ0n) is 34.9. The van der Waals surface area contributed by atoms with E-state index in [0.29, 0.717) is 17.5 Å². The van der Waals surface area contributed by atoms with Crippen molar-refractivity contribution in [2.24, 2.45) is 22.7 Å². The van der Waals surface area contributed by atoms with Crippen LogP contribution in [0.1, 0.15) is 142 Å². The van der Waals surface area contributed by atoms with Crippen LogP contribution in [-0.2, 0) is 6.42 Å². The van der Waals surface area contributed by atoms with Crippen LogP contribution in [0.2, 0.25) is 0 Å². The van der Waals surface area contributed by atoms with Crippen molar-refractivity contribution in [3.05, 3.63) is 132 Å². The Labute approximate surface area is 333 Å². The third-order valence-electron chi connectivity index (χ3n) is 12.1. The van der Waals surface area contributed by atoms with Crippen LogP contribution in [0.15, 0.2) is 127 Å². The number of nitrogens with one attached hydrogen (secondary N) is 1. The summed E-state index contributed by atoms with van der Waals surface area (Å²) in [5.41, 5.74) is 16.5. The lowest BCUT2D eigenvalue weighted by molar-refractivity contribution is 0.715. The molecule has 0 aromatic carbocycles. The van der Waals surface area contributed by atoms with Gasteiger partial charge < -0.3 is 0 Å². The van der Waals surface area contributed by atoms with Crippen molar-refractivity contribution < 1.29 is 0 Å². The van der Waals surface area contributed by atoms with E-state index >= 15 is 0 Å². The molecule has 0 saturated heterocycles. The predicted molar refractivity (Wildman–Crippen MR) is 240 cm³/mol. The Bertz CT molecular complexity index is 1870. The molecule has 0 fully saturated rings. The van der Waals surface area contributed by atoms with Gasteiger partial charge in [-0.3, -0.25) is 10.4 Å². The van der Waals surface area contributed by atoms with Gasteiger partial charge in [-0.2, -0.15) is 0 Å². The predicted octanol–water partition coefficient (Wildman–Crippen LogP) is 15.2. The molecule has 3 atom stereocenters. The molecule has 1 heterocycles. The van der Waals surface area contributed by atoms with Crippen LogP contribution in [0.5, 0.6) is 0 Å². The molecule has 54 heavy (non-hydrogen) atoms. The van der Waals surface area contributed by atoms with E-state index in [-0.39, 0.29) is 5.92 Å². The lowest BCUT2D eigenvalue weighted by Gasteiger charge is -2.25. The van der Waals surface area contributed by atoms with Gasteiger partial charge in [0.1, 0.15) is 0 Å². The van der Waals surface area contributed by atoms with Crippen LogP contribution in [0.25, 0.3) is 6.08 Å². The summed E-state index contributed by atoms with van der Waals surface area (Å²) in [6, 6.07) is 2.31. The summed E-state index contributed by atoms with van der Waals surface area (Å²) in [5.74, 6) is 1.05. The zero-order chi connectivity index (χ0) is 38.6. The van der Waals surface area contributed by atoms with Crippen molar-refractivity contribution >= 4 is 28.8 Å². The second-order valence-corrected chi connectivity index (χ2v) is 16.6. The van der Waals surface area contributed by atoms with Crippen LogP contribution < -0.4 is 0 Å². The molecular weight excluding hydrogens is 673 g/mol. The van der Waals surface area contributed by atoms with Crippen molar-refractivity contribution in [3.63, 3.8) is 0 Å². The topological polar surface area (TPSA) is 36.2 Å². The molecule has 5 rings (SSSR count). The lowest BCUT2D eigenvalue weighted by Crippen LogP contribution is -2.25. The van der Waals surface area contributed by atoms with Gasteiger partial charge in [-0.15, -0.1) is 11.3 Å². The summed E-state index contributed by atoms with van der Waals surface area (Å²) in [6.07, 6.45) is 40.3. The molecule has 0 radical (unpaired) electrons. The monoisotopic (exact) mass is 741 g/mol. The van der Waals surface area contributed by atoms with Gasteiger partial charge in [-0.25, -0.2) is 0 Å². The molecule has 4 aliphatic carbocycles. The summed E-state index contributed by atoms with van der Waals surface area (Å²) < 4.78 is 0. The Morgan fingerprint density at radius 3 is 1.93 bits per heavy atom. The molecule has 288 valence electrons. The van der Waals surface area contributed by atoms with E-state index in [1.54, 1.807) is 0 Å². The third-order valence-corrected chi connectivity index (χ3v) is 13.0. The molecule has 0 spiro atoms. The van der Waals surface area contributed by atoms with E-state index in [1.165, 1.54) is 113 Å². The Morgan fingerprint density at radius 2 is 1.28 bits per heavy atom. The molecule has 1 N–H and O–H groups in total. The highest BCUT2D eigenvalue weighted by molar-refractivity contribution is 7.11. The largest absolute Gasteiger partial charge is 0.298 e. The minimum absolute atomic E-state index is 0.231. The summed E-state index contributed by atoms with van der Waals surface area (Å²) >= 11 is 1.86. The fraction of sp³-hybridized carbons (Fsp3) is 0.490. The number of rotatable bonds is 20. The maximum Gasteiger partial charge on any atom is 0.0901 e. The minimum atomic E-state index is 0.231. The van der Waals surface area contributed by atoms with Crippen molar-refractivity contribution in [2.45, 2.75) is 138 Å². The second-order valence-electron chi connectivity index (χ2n) is 15.7. The van der Waals surface area contributed by atoms with Crippen LogP contribution in [-0.4, -0.2) is 18.5 Å². The summed E-state index contributed by atoms with van der Waals surface area (Å²) in [4.78, 5) is 6.27. The van der Waals surface area contributed by atoms with E-state index in [0.717, 1.165) is 49.0 Å². The van der Waals surface area contributed by atoms with Gasteiger partial charge in [0.2, 0.25) is 0 Å². The normalized spacial score (nSPS) is 22.6. The first-order valence-corrected chi connectivity index (χ1v) is 22.4. The van der Waals surface area contributed by atoms with Gasteiger partial charge in [0.15, 0.2) is 0 Å². The quantitative estimate of drug-likeness (QED) is 0.129. The Balaban J connectivity index is 1.46. The third kappa shape index (κ3) is 9.27. The van der Waals surface area contributed by atoms with Gasteiger partial charge in [0, 0.05) is 40.8 Å². The van der Waals surface area contributed by atoms with E-state index in [9.17, 15) is 5.41 Å². The zero-order valence-corrected chi connectivity index (χ0v) is 35.7. The molecule has 0 aliphatic heterocycles. The fourth-order valence-electron chi connectivity index (χ4n) is 8.82. The fourth-order valence-corrected chi connectivity index (χ4v) is 9.67. The highest BCUT2D eigenvalue weighted by Crippen LogP contribution is 2.45. The highest BCUT2D eigenvalue weighted by atomic mass is 32.1. The average Bonchev–Trinajstić information content (AvgIpc) is 3.96. The van der Waals surface area contributed by atoms with Gasteiger partial charge >= 0.3 is 0 Å². The number of aliphatic imine (C=N–C) groups is 1. The van der Waals surface area contributed by atoms with Gasteiger partial charge in [-0.05, 0) is 132 Å². The number of unbranched alkanes of at least 4 members (excludes halogenated alkanes) is 4. The molecule has 4 aliphatic rings. The number of hydrogen-bond acceptors (Lipinski definition) is 3. The maximum atomic E-state index is 9.71. The van der Waals surface area contributed by atoms with E-state index < -0.39 is 0 Å². The van der Waals surface area contributed by atoms with E-state index in [4.69, 9.17) is 4.99 Å². The first-order valence-electron chi connectivity index (χ1n) is 21.6. The van der Waals surface area contributed by atoms with Crippen molar-refractivity contribution in [1.82, 2.24) is 0 Å². The van der Waals surface area contributed by atoms with E-state index in [1.807, 2.05) is 18.4 Å². The average molecular weight is 741 g/mol. The first-order chi connectivity index (χ1) is 26.3. The smallest absolute Gasteiger partial charge is 0.0901 e. The van der Waals surface area contributed by atoms with Crippen molar-refractivity contribution in [1.29, 1.82) is 5.41 Å². The van der Waals surface area contributed by atoms with Crippen molar-refractivity contribution in [2.75, 3.05) is 7.05 Å². The van der Waals surface area contributed by atoms with Gasteiger partial charge in [-0.1, -0.05) is 129 Å². The Morgan fingerprint density at radius 1 is 0.685 bits per heavy atom. The molecule has 1 aromatic heterocycles. The summed E-state index contributed by atoms with van der Waals surface area (Å²) in [5, 5.41) is 12.0. The molecule has 0 amide bonds. The number of aryl methyl sites for hydroxylation is 1. The molecule has 1 aromatic rings. The lowest BCUT2D eigenvalue weighted by atomic mass is 9.79. The minimum Gasteiger partial charge on any atom is -0.298 e. The molecule has 2 nitrogen and oxygen atoms in total. The van der Waals surface area contributed by atoms with Gasteiger partial charge in [0.05, 0.1) is 11.4 Å². The molecule has 0 saturated carbocycles. The number of hydrogen-bond donors (Lipinski definition) is 1.